The van der Waals surface area contributed by atoms with Gasteiger partial charge in [-0.2, -0.15) is 0 Å². The number of H-pyrrole nitrogens is 1. The molecule has 0 saturated heterocycles. The zero-order chi connectivity index (χ0) is 12.9. The maximum atomic E-state index is 6.20. The van der Waals surface area contributed by atoms with E-state index in [2.05, 4.69) is 15.0 Å². The number of aryl methyl sites for hydroxylation is 1. The van der Waals surface area contributed by atoms with Crippen molar-refractivity contribution in [2.75, 3.05) is 5.73 Å². The number of imidazole rings is 2. The smallest absolute Gasteiger partial charge is 0.201 e. The first-order valence-corrected chi connectivity index (χ1v) is 5.88. The number of anilines is 1. The lowest BCUT2D eigenvalue weighted by atomic mass is 10.1. The van der Waals surface area contributed by atoms with Crippen LogP contribution in [0.3, 0.4) is 0 Å². The number of nitrogens with zero attached hydrogens (tertiary/aromatic N) is 3. The molecule has 92 valence electrons. The van der Waals surface area contributed by atoms with Crippen LogP contribution in [-0.2, 0) is 7.05 Å². The summed E-state index contributed by atoms with van der Waals surface area (Å²) in [6.07, 6.45) is 0. The molecule has 3 aromatic rings. The largest absolute Gasteiger partial charge is 0.369 e. The van der Waals surface area contributed by atoms with Crippen LogP contribution in [0.25, 0.3) is 22.3 Å². The number of halogens is 1. The molecule has 0 amide bonds. The average Bonchev–Trinajstić information content (AvgIpc) is 2.82. The zero-order valence-electron chi connectivity index (χ0n) is 10.0. The van der Waals surface area contributed by atoms with Gasteiger partial charge in [0.15, 0.2) is 0 Å². The van der Waals surface area contributed by atoms with Gasteiger partial charge in [0.1, 0.15) is 16.7 Å². The Morgan fingerprint density at radius 3 is 2.78 bits per heavy atom. The van der Waals surface area contributed by atoms with Crippen molar-refractivity contribution in [3.8, 4) is 11.3 Å². The number of nitrogen functional groups attached to an aromatic ring is 1. The molecule has 18 heavy (non-hydrogen) atoms. The summed E-state index contributed by atoms with van der Waals surface area (Å²) in [6.45, 7) is 1.92. The average molecular weight is 262 g/mol. The second-order valence-electron chi connectivity index (χ2n) is 4.22. The van der Waals surface area contributed by atoms with Crippen molar-refractivity contribution in [1.29, 1.82) is 0 Å². The number of hydrogen-bond acceptors (Lipinski definition) is 3. The summed E-state index contributed by atoms with van der Waals surface area (Å²) in [5.74, 6) is 1.28. The van der Waals surface area contributed by atoms with Crippen LogP contribution in [0.1, 0.15) is 5.82 Å². The third-order valence-electron chi connectivity index (χ3n) is 2.93. The minimum Gasteiger partial charge on any atom is -0.369 e. The van der Waals surface area contributed by atoms with Crippen LogP contribution in [0, 0.1) is 6.92 Å². The van der Waals surface area contributed by atoms with Crippen molar-refractivity contribution in [3.05, 3.63) is 29.2 Å². The van der Waals surface area contributed by atoms with Crippen LogP contribution in [0.4, 0.5) is 5.95 Å². The van der Waals surface area contributed by atoms with E-state index in [-0.39, 0.29) is 0 Å². The molecular formula is C12H12ClN5. The van der Waals surface area contributed by atoms with Crippen molar-refractivity contribution >= 4 is 28.6 Å². The van der Waals surface area contributed by atoms with Crippen molar-refractivity contribution in [2.45, 2.75) is 6.92 Å². The maximum Gasteiger partial charge on any atom is 0.201 e. The van der Waals surface area contributed by atoms with Crippen LogP contribution in [0.5, 0.6) is 0 Å². The highest BCUT2D eigenvalue weighted by Crippen LogP contribution is 2.30. The van der Waals surface area contributed by atoms with E-state index in [9.17, 15) is 0 Å². The van der Waals surface area contributed by atoms with E-state index in [1.807, 2.05) is 25.1 Å². The molecule has 0 bridgehead atoms. The molecule has 0 radical (unpaired) electrons. The topological polar surface area (TPSA) is 72.5 Å². The number of rotatable bonds is 1. The lowest BCUT2D eigenvalue weighted by molar-refractivity contribution is 0.931. The van der Waals surface area contributed by atoms with Crippen LogP contribution in [-0.4, -0.2) is 19.5 Å². The first-order chi connectivity index (χ1) is 8.56. The molecule has 2 heterocycles. The zero-order valence-corrected chi connectivity index (χ0v) is 10.8. The van der Waals surface area contributed by atoms with Gasteiger partial charge in [0.25, 0.3) is 0 Å². The van der Waals surface area contributed by atoms with Gasteiger partial charge in [-0.3, -0.25) is 0 Å². The number of aromatic amines is 1. The van der Waals surface area contributed by atoms with Gasteiger partial charge >= 0.3 is 0 Å². The molecule has 1 aromatic carbocycles. The van der Waals surface area contributed by atoms with Gasteiger partial charge in [0.05, 0.1) is 11.0 Å². The molecule has 2 aromatic heterocycles. The standard InChI is InChI=1S/C12H12ClN5/c1-6-15-8-4-3-7(5-9(8)16-6)10-11(13)18(2)12(14)17-10/h3-5H,1-2H3,(H2,14,17)(H,15,16). The lowest BCUT2D eigenvalue weighted by Gasteiger charge is -1.98. The lowest BCUT2D eigenvalue weighted by Crippen LogP contribution is -1.96. The van der Waals surface area contributed by atoms with E-state index in [0.717, 1.165) is 22.4 Å². The van der Waals surface area contributed by atoms with Crippen molar-refractivity contribution in [3.63, 3.8) is 0 Å². The highest BCUT2D eigenvalue weighted by molar-refractivity contribution is 6.32. The Kier molecular flexibility index (Phi) is 2.31. The Bertz CT molecular complexity index is 740. The first kappa shape index (κ1) is 11.1. The number of fused-ring (bicyclic) bond motifs is 1. The van der Waals surface area contributed by atoms with Crippen molar-refractivity contribution in [2.24, 2.45) is 7.05 Å². The summed E-state index contributed by atoms with van der Waals surface area (Å²) in [4.78, 5) is 11.8. The Labute approximate surface area is 109 Å². The predicted molar refractivity (Wildman–Crippen MR) is 72.5 cm³/mol. The fourth-order valence-electron chi connectivity index (χ4n) is 1.96. The second-order valence-corrected chi connectivity index (χ2v) is 4.58. The van der Waals surface area contributed by atoms with Gasteiger partial charge in [-0.15, -0.1) is 0 Å². The predicted octanol–water partition coefficient (Wildman–Crippen LogP) is 2.51. The third-order valence-corrected chi connectivity index (χ3v) is 3.37. The fraction of sp³-hybridized carbons (Fsp3) is 0.167. The Hall–Kier alpha value is -2.01. The highest BCUT2D eigenvalue weighted by Gasteiger charge is 2.13. The Balaban J connectivity index is 2.21. The molecule has 0 saturated carbocycles. The van der Waals surface area contributed by atoms with Gasteiger partial charge in [-0.05, 0) is 19.1 Å². The summed E-state index contributed by atoms with van der Waals surface area (Å²) >= 11 is 6.20. The van der Waals surface area contributed by atoms with Gasteiger partial charge in [0, 0.05) is 12.6 Å². The summed E-state index contributed by atoms with van der Waals surface area (Å²) in [5.41, 5.74) is 9.24. The van der Waals surface area contributed by atoms with E-state index < -0.39 is 0 Å². The summed E-state index contributed by atoms with van der Waals surface area (Å²) in [5, 5.41) is 0.531. The molecule has 0 fully saturated rings. The van der Waals surface area contributed by atoms with Crippen molar-refractivity contribution < 1.29 is 0 Å². The van der Waals surface area contributed by atoms with E-state index in [4.69, 9.17) is 17.3 Å². The van der Waals surface area contributed by atoms with Gasteiger partial charge in [-0.25, -0.2) is 9.97 Å². The number of hydrogen-bond donors (Lipinski definition) is 2. The van der Waals surface area contributed by atoms with Gasteiger partial charge in [-0.1, -0.05) is 17.7 Å². The van der Waals surface area contributed by atoms with E-state index in [1.54, 1.807) is 11.6 Å². The molecule has 6 heteroatoms. The normalized spacial score (nSPS) is 11.3. The number of nitrogens with one attached hydrogen (secondary N) is 1. The van der Waals surface area contributed by atoms with E-state index in [1.165, 1.54) is 0 Å². The van der Waals surface area contributed by atoms with E-state index >= 15 is 0 Å². The molecule has 0 aliphatic heterocycles. The maximum absolute atomic E-state index is 6.20. The molecule has 0 aliphatic carbocycles. The molecule has 0 unspecified atom stereocenters. The van der Waals surface area contributed by atoms with Crippen LogP contribution in [0.2, 0.25) is 5.15 Å². The minimum absolute atomic E-state index is 0.399. The second kappa shape index (κ2) is 3.74. The molecule has 0 aliphatic rings. The van der Waals surface area contributed by atoms with Crippen LogP contribution < -0.4 is 5.73 Å². The Morgan fingerprint density at radius 1 is 1.33 bits per heavy atom. The molecule has 3 N–H and O–H groups in total. The van der Waals surface area contributed by atoms with Crippen LogP contribution >= 0.6 is 11.6 Å². The monoisotopic (exact) mass is 261 g/mol. The van der Waals surface area contributed by atoms with Crippen LogP contribution in [0.15, 0.2) is 18.2 Å². The van der Waals surface area contributed by atoms with E-state index in [0.29, 0.717) is 16.8 Å². The first-order valence-electron chi connectivity index (χ1n) is 5.50. The van der Waals surface area contributed by atoms with Gasteiger partial charge < -0.3 is 15.3 Å². The van der Waals surface area contributed by atoms with Gasteiger partial charge in [0.2, 0.25) is 5.95 Å². The third kappa shape index (κ3) is 1.55. The highest BCUT2D eigenvalue weighted by atomic mass is 35.5. The van der Waals surface area contributed by atoms with Crippen molar-refractivity contribution in [1.82, 2.24) is 19.5 Å². The molecule has 0 spiro atoms. The summed E-state index contributed by atoms with van der Waals surface area (Å²) < 4.78 is 1.65. The fourth-order valence-corrected chi connectivity index (χ4v) is 2.20. The molecule has 3 rings (SSSR count). The number of aromatic nitrogens is 4. The summed E-state index contributed by atoms with van der Waals surface area (Å²) in [6, 6.07) is 5.86. The minimum atomic E-state index is 0.399. The summed E-state index contributed by atoms with van der Waals surface area (Å²) in [7, 11) is 1.78. The number of nitrogens with two attached hydrogens (primary N) is 1. The number of benzene rings is 1. The molecule has 5 nitrogen and oxygen atoms in total. The molecular weight excluding hydrogens is 250 g/mol. The molecule has 0 atom stereocenters. The quantitative estimate of drug-likeness (QED) is 0.707. The SMILES string of the molecule is Cc1nc2ccc(-c3nc(N)n(C)c3Cl)cc2[nH]1. The Morgan fingerprint density at radius 2 is 2.11 bits per heavy atom.